The normalized spacial score (nSPS) is 10.6. The maximum atomic E-state index is 3.47. The third kappa shape index (κ3) is 2.54. The summed E-state index contributed by atoms with van der Waals surface area (Å²) in [6.45, 7) is 0. The molecule has 0 saturated carbocycles. The molecule has 0 saturated heterocycles. The largest absolute Gasteiger partial charge is 0.0957 e. The second kappa shape index (κ2) is 4.40. The Morgan fingerprint density at radius 1 is 1.09 bits per heavy atom. The van der Waals surface area contributed by atoms with Crippen LogP contribution in [0, 0.1) is 0 Å². The van der Waals surface area contributed by atoms with E-state index in [1.54, 1.807) is 0 Å². The van der Waals surface area contributed by atoms with Gasteiger partial charge in [-0.1, -0.05) is 44.0 Å². The minimum absolute atomic E-state index is 0.196. The molecule has 0 heterocycles. The molecule has 60 valence electrons. The summed E-state index contributed by atoms with van der Waals surface area (Å²) in [5.74, 6) is 0. The van der Waals surface area contributed by atoms with Crippen LogP contribution in [0.1, 0.15) is 9.30 Å². The molecule has 0 N–H and O–H groups in total. The Morgan fingerprint density at radius 2 is 1.73 bits per heavy atom. The Labute approximate surface area is 99.3 Å². The number of hydrogen-bond donors (Lipinski definition) is 0. The van der Waals surface area contributed by atoms with Crippen molar-refractivity contribution in [1.29, 1.82) is 0 Å². The van der Waals surface area contributed by atoms with Gasteiger partial charge in [-0.05, 0) is 43.5 Å². The van der Waals surface area contributed by atoms with E-state index < -0.39 is 0 Å². The van der Waals surface area contributed by atoms with E-state index >= 15 is 0 Å². The fourth-order valence-electron chi connectivity index (χ4n) is 0.689. The first-order valence-electron chi connectivity index (χ1n) is 2.85. The van der Waals surface area contributed by atoms with E-state index in [-0.39, 0.29) is 3.74 Å². The van der Waals surface area contributed by atoms with Crippen molar-refractivity contribution in [2.24, 2.45) is 0 Å². The van der Waals surface area contributed by atoms with Crippen LogP contribution in [-0.2, 0) is 0 Å². The maximum Gasteiger partial charge on any atom is 0.0957 e. The van der Waals surface area contributed by atoms with Crippen LogP contribution in [0.5, 0.6) is 0 Å². The van der Waals surface area contributed by atoms with E-state index in [1.807, 2.05) is 18.2 Å². The Balaban J connectivity index is 3.17. The van der Waals surface area contributed by atoms with Gasteiger partial charge in [0.15, 0.2) is 0 Å². The van der Waals surface area contributed by atoms with Crippen LogP contribution in [0.4, 0.5) is 0 Å². The predicted octanol–water partition coefficient (Wildman–Crippen LogP) is 5.00. The van der Waals surface area contributed by atoms with Crippen LogP contribution in [0.2, 0.25) is 0 Å². The van der Waals surface area contributed by atoms with Gasteiger partial charge in [0, 0.05) is 8.95 Å². The van der Waals surface area contributed by atoms with Crippen molar-refractivity contribution in [1.82, 2.24) is 0 Å². The Kier molecular flexibility index (Phi) is 4.09. The molecular weight excluding hydrogens is 404 g/mol. The quantitative estimate of drug-likeness (QED) is 0.575. The van der Waals surface area contributed by atoms with Crippen LogP contribution in [0.3, 0.4) is 0 Å². The van der Waals surface area contributed by atoms with Gasteiger partial charge in [0.2, 0.25) is 0 Å². The van der Waals surface area contributed by atoms with Gasteiger partial charge in [-0.25, -0.2) is 0 Å². The lowest BCUT2D eigenvalue weighted by atomic mass is 10.2. The van der Waals surface area contributed by atoms with Crippen LogP contribution in [0.25, 0.3) is 0 Å². The molecule has 0 amide bonds. The SMILES string of the molecule is Brc1cccc(C(Br)Br)c1Br. The van der Waals surface area contributed by atoms with E-state index in [1.165, 1.54) is 5.56 Å². The summed E-state index contributed by atoms with van der Waals surface area (Å²) >= 11 is 13.8. The van der Waals surface area contributed by atoms with E-state index in [9.17, 15) is 0 Å². The first-order chi connectivity index (χ1) is 5.13. The zero-order valence-corrected chi connectivity index (χ0v) is 11.7. The predicted molar refractivity (Wildman–Crippen MR) is 62.4 cm³/mol. The molecule has 0 aliphatic carbocycles. The van der Waals surface area contributed by atoms with E-state index in [0.717, 1.165) is 8.95 Å². The molecule has 11 heavy (non-hydrogen) atoms. The van der Waals surface area contributed by atoms with E-state index in [0.29, 0.717) is 0 Å². The van der Waals surface area contributed by atoms with Crippen LogP contribution in [0.15, 0.2) is 27.1 Å². The minimum atomic E-state index is 0.196. The second-order valence-electron chi connectivity index (χ2n) is 1.94. The first-order valence-corrected chi connectivity index (χ1v) is 6.26. The van der Waals surface area contributed by atoms with Crippen molar-refractivity contribution in [3.05, 3.63) is 32.7 Å². The van der Waals surface area contributed by atoms with Gasteiger partial charge in [0.05, 0.1) is 3.74 Å². The molecule has 1 rings (SSSR count). The molecule has 0 aromatic heterocycles. The highest BCUT2D eigenvalue weighted by molar-refractivity contribution is 9.24. The van der Waals surface area contributed by atoms with Gasteiger partial charge in [0.1, 0.15) is 0 Å². The number of halogens is 4. The van der Waals surface area contributed by atoms with Gasteiger partial charge < -0.3 is 0 Å². The monoisotopic (exact) mass is 404 g/mol. The van der Waals surface area contributed by atoms with Crippen LogP contribution < -0.4 is 0 Å². The standard InChI is InChI=1S/C7H4Br4/c8-5-3-1-2-4(6(5)9)7(10)11/h1-3,7H. The lowest BCUT2D eigenvalue weighted by Gasteiger charge is -2.05. The highest BCUT2D eigenvalue weighted by Crippen LogP contribution is 2.37. The van der Waals surface area contributed by atoms with Crippen LogP contribution in [-0.4, -0.2) is 0 Å². The molecule has 0 radical (unpaired) electrons. The summed E-state index contributed by atoms with van der Waals surface area (Å²) in [4.78, 5) is 0. The van der Waals surface area contributed by atoms with Crippen LogP contribution >= 0.6 is 63.7 Å². The summed E-state index contributed by atoms with van der Waals surface area (Å²) in [7, 11) is 0. The van der Waals surface area contributed by atoms with Gasteiger partial charge in [-0.15, -0.1) is 0 Å². The molecule has 0 nitrogen and oxygen atoms in total. The van der Waals surface area contributed by atoms with Crippen molar-refractivity contribution in [2.45, 2.75) is 3.74 Å². The number of hydrogen-bond acceptors (Lipinski definition) is 0. The molecular formula is C7H4Br4. The van der Waals surface area contributed by atoms with Crippen molar-refractivity contribution in [3.63, 3.8) is 0 Å². The van der Waals surface area contributed by atoms with Gasteiger partial charge in [-0.3, -0.25) is 0 Å². The van der Waals surface area contributed by atoms with Crippen molar-refractivity contribution >= 4 is 63.7 Å². The Bertz CT molecular complexity index is 257. The summed E-state index contributed by atoms with van der Waals surface area (Å²) in [6, 6.07) is 6.04. The molecule has 0 unspecified atom stereocenters. The van der Waals surface area contributed by atoms with Crippen molar-refractivity contribution in [2.75, 3.05) is 0 Å². The first kappa shape index (κ1) is 10.2. The van der Waals surface area contributed by atoms with Crippen molar-refractivity contribution < 1.29 is 0 Å². The topological polar surface area (TPSA) is 0 Å². The van der Waals surface area contributed by atoms with Gasteiger partial charge >= 0.3 is 0 Å². The summed E-state index contributed by atoms with van der Waals surface area (Å²) in [5, 5.41) is 0. The average molecular weight is 408 g/mol. The zero-order valence-electron chi connectivity index (χ0n) is 5.32. The zero-order chi connectivity index (χ0) is 8.43. The maximum absolute atomic E-state index is 3.47. The molecule has 0 fully saturated rings. The van der Waals surface area contributed by atoms with E-state index in [2.05, 4.69) is 63.7 Å². The molecule has 1 aromatic carbocycles. The number of benzene rings is 1. The van der Waals surface area contributed by atoms with Gasteiger partial charge in [0.25, 0.3) is 0 Å². The Morgan fingerprint density at radius 3 is 2.18 bits per heavy atom. The second-order valence-corrected chi connectivity index (χ2v) is 6.65. The van der Waals surface area contributed by atoms with E-state index in [4.69, 9.17) is 0 Å². The molecule has 1 aromatic rings. The number of rotatable bonds is 1. The third-order valence-electron chi connectivity index (χ3n) is 1.22. The minimum Gasteiger partial charge on any atom is -0.0712 e. The summed E-state index contributed by atoms with van der Waals surface area (Å²) < 4.78 is 2.35. The highest BCUT2D eigenvalue weighted by Gasteiger charge is 2.08. The molecule has 0 aliphatic rings. The lowest BCUT2D eigenvalue weighted by molar-refractivity contribution is 1.37. The fraction of sp³-hybridized carbons (Fsp3) is 0.143. The van der Waals surface area contributed by atoms with Crippen molar-refractivity contribution in [3.8, 4) is 0 Å². The highest BCUT2D eigenvalue weighted by atomic mass is 79.9. The molecule has 4 heteroatoms. The molecule has 0 bridgehead atoms. The average Bonchev–Trinajstić information content (AvgIpc) is 1.94. The fourth-order valence-corrected chi connectivity index (χ4v) is 2.94. The third-order valence-corrected chi connectivity index (χ3v) is 4.28. The Hall–Kier alpha value is 1.14. The molecule has 0 spiro atoms. The number of alkyl halides is 2. The molecule has 0 aliphatic heterocycles. The smallest absolute Gasteiger partial charge is 0.0712 e. The summed E-state index contributed by atoms with van der Waals surface area (Å²) in [6.07, 6.45) is 0. The lowest BCUT2D eigenvalue weighted by Crippen LogP contribution is -1.82. The van der Waals surface area contributed by atoms with Gasteiger partial charge in [-0.2, -0.15) is 0 Å². The summed E-state index contributed by atoms with van der Waals surface area (Å²) in [5.41, 5.74) is 1.18. The molecule has 0 atom stereocenters.